The van der Waals surface area contributed by atoms with Crippen LogP contribution in [0.25, 0.3) is 0 Å². The second-order valence-electron chi connectivity index (χ2n) is 3.87. The van der Waals surface area contributed by atoms with Gasteiger partial charge in [0, 0.05) is 6.92 Å². The quantitative estimate of drug-likeness (QED) is 0.646. The van der Waals surface area contributed by atoms with Crippen molar-refractivity contribution < 1.29 is 14.3 Å². The zero-order valence-electron chi connectivity index (χ0n) is 11.0. The van der Waals surface area contributed by atoms with E-state index in [1.54, 1.807) is 13.8 Å². The van der Waals surface area contributed by atoms with Crippen molar-refractivity contribution in [3.05, 3.63) is 10.0 Å². The van der Waals surface area contributed by atoms with Crippen LogP contribution in [-0.2, 0) is 19.2 Å². The number of carbonyl (C=O) groups is 2. The summed E-state index contributed by atoms with van der Waals surface area (Å²) in [6.07, 6.45) is 0. The number of nitrogens with one attached hydrogen (secondary N) is 1. The minimum atomic E-state index is -1.71. The molecule has 112 valence electrons. The molecule has 1 aromatic heterocycles. The number of amides is 1. The van der Waals surface area contributed by atoms with Crippen LogP contribution in [0.15, 0.2) is 0 Å². The van der Waals surface area contributed by atoms with Crippen LogP contribution < -0.4 is 5.32 Å². The van der Waals surface area contributed by atoms with Crippen LogP contribution >= 0.6 is 46.1 Å². The molecule has 1 aromatic rings. The molecule has 1 heterocycles. The van der Waals surface area contributed by atoms with Gasteiger partial charge < -0.3 is 10.1 Å². The van der Waals surface area contributed by atoms with Gasteiger partial charge in [0.1, 0.15) is 10.0 Å². The molecule has 0 radical (unpaired) electrons. The molecule has 0 fully saturated rings. The van der Waals surface area contributed by atoms with Crippen LogP contribution in [0.4, 0.5) is 5.13 Å². The summed E-state index contributed by atoms with van der Waals surface area (Å²) in [5.74, 6) is -1.04. The Morgan fingerprint density at radius 1 is 1.55 bits per heavy atom. The molecule has 0 bridgehead atoms. The average Bonchev–Trinajstić information content (AvgIpc) is 2.68. The molecule has 9 heteroatoms. The molecule has 0 aliphatic carbocycles. The molecule has 20 heavy (non-hydrogen) atoms. The Hall–Kier alpha value is -0.560. The van der Waals surface area contributed by atoms with Gasteiger partial charge in [-0.15, -0.1) is 11.6 Å². The lowest BCUT2D eigenvalue weighted by atomic mass is 10.0. The smallest absolute Gasteiger partial charge is 0.335 e. The van der Waals surface area contributed by atoms with Crippen LogP contribution in [0, 0.1) is 0 Å². The third kappa shape index (κ3) is 3.55. The molecule has 1 amide bonds. The fourth-order valence-corrected chi connectivity index (χ4v) is 3.12. The molecule has 2 unspecified atom stereocenters. The maximum atomic E-state index is 12.1. The number of aromatic nitrogens is 1. The van der Waals surface area contributed by atoms with Gasteiger partial charge in [0.05, 0.1) is 12.0 Å². The summed E-state index contributed by atoms with van der Waals surface area (Å²) in [5.41, 5.74) is 0.0792. The van der Waals surface area contributed by atoms with E-state index in [2.05, 4.69) is 10.3 Å². The van der Waals surface area contributed by atoms with Crippen molar-refractivity contribution in [2.75, 3.05) is 11.9 Å². The number of rotatable bonds is 5. The number of alkyl halides is 2. The van der Waals surface area contributed by atoms with Crippen molar-refractivity contribution in [2.24, 2.45) is 0 Å². The lowest BCUT2D eigenvalue weighted by Crippen LogP contribution is -2.39. The van der Waals surface area contributed by atoms with Crippen molar-refractivity contribution in [2.45, 2.75) is 31.0 Å². The monoisotopic (exact) mass is 358 g/mol. The fraction of sp³-hybridized carbons (Fsp3) is 0.545. The van der Waals surface area contributed by atoms with E-state index in [0.29, 0.717) is 0 Å². The van der Waals surface area contributed by atoms with Crippen LogP contribution in [0.3, 0.4) is 0 Å². The lowest BCUT2D eigenvalue weighted by Gasteiger charge is -2.25. The zero-order valence-corrected chi connectivity index (χ0v) is 14.1. The number of thiazole rings is 1. The van der Waals surface area contributed by atoms with E-state index in [1.165, 1.54) is 6.92 Å². The van der Waals surface area contributed by atoms with Crippen LogP contribution in [0.2, 0.25) is 4.34 Å². The Bertz CT molecular complexity index is 521. The Morgan fingerprint density at radius 3 is 2.60 bits per heavy atom. The number of hydrogen-bond donors (Lipinski definition) is 1. The highest BCUT2D eigenvalue weighted by molar-refractivity contribution is 7.19. The van der Waals surface area contributed by atoms with Crippen molar-refractivity contribution >= 4 is 63.1 Å². The van der Waals surface area contributed by atoms with E-state index in [0.717, 1.165) is 11.3 Å². The molecule has 5 nitrogen and oxygen atoms in total. The number of halogens is 3. The van der Waals surface area contributed by atoms with E-state index in [9.17, 15) is 9.59 Å². The summed E-state index contributed by atoms with van der Waals surface area (Å²) in [7, 11) is 0. The topological polar surface area (TPSA) is 68.3 Å². The van der Waals surface area contributed by atoms with E-state index in [4.69, 9.17) is 39.5 Å². The predicted molar refractivity (Wildman–Crippen MR) is 80.9 cm³/mol. The summed E-state index contributed by atoms with van der Waals surface area (Å²) in [6, 6.07) is 0. The maximum Gasteiger partial charge on any atom is 0.335 e. The molecule has 1 N–H and O–H groups in total. The number of nitrogens with zero attached hydrogens (tertiary/aromatic N) is 1. The second kappa shape index (κ2) is 6.93. The van der Waals surface area contributed by atoms with Gasteiger partial charge in [-0.1, -0.05) is 34.5 Å². The summed E-state index contributed by atoms with van der Waals surface area (Å²) in [6.45, 7) is 4.67. The Morgan fingerprint density at radius 2 is 2.15 bits per heavy atom. The maximum absolute atomic E-state index is 12.1. The first kappa shape index (κ1) is 17.5. The third-order valence-corrected chi connectivity index (χ3v) is 4.60. The molecular formula is C11H13Cl3N2O3S. The van der Waals surface area contributed by atoms with Gasteiger partial charge in [0.2, 0.25) is 10.8 Å². The molecule has 0 aliphatic heterocycles. The first-order valence-corrected chi connectivity index (χ1v) is 7.68. The van der Waals surface area contributed by atoms with E-state index in [1.807, 2.05) is 0 Å². The molecule has 0 saturated carbocycles. The van der Waals surface area contributed by atoms with Crippen molar-refractivity contribution in [3.63, 3.8) is 0 Å². The molecule has 0 aromatic carbocycles. The first-order valence-electron chi connectivity index (χ1n) is 5.68. The number of ether oxygens (including phenoxy) is 1. The highest BCUT2D eigenvalue weighted by Crippen LogP contribution is 2.43. The minimum Gasteiger partial charge on any atom is -0.464 e. The fourth-order valence-electron chi connectivity index (χ4n) is 1.41. The van der Waals surface area contributed by atoms with Crippen LogP contribution in [0.1, 0.15) is 26.5 Å². The summed E-state index contributed by atoms with van der Waals surface area (Å²) in [4.78, 5) is 25.5. The van der Waals surface area contributed by atoms with Crippen LogP contribution in [0.5, 0.6) is 0 Å². The Kier molecular flexibility index (Phi) is 6.06. The van der Waals surface area contributed by atoms with E-state index in [-0.39, 0.29) is 27.7 Å². The van der Waals surface area contributed by atoms with Gasteiger partial charge in [-0.3, -0.25) is 4.79 Å². The molecule has 0 spiro atoms. The highest BCUT2D eigenvalue weighted by Gasteiger charge is 2.48. The van der Waals surface area contributed by atoms with Gasteiger partial charge in [0.15, 0.2) is 5.13 Å². The number of esters is 1. The van der Waals surface area contributed by atoms with Crippen molar-refractivity contribution in [1.82, 2.24) is 4.98 Å². The Labute approximate surface area is 135 Å². The van der Waals surface area contributed by atoms with Gasteiger partial charge in [-0.2, -0.15) is 0 Å². The normalized spacial score (nSPS) is 15.3. The van der Waals surface area contributed by atoms with Crippen molar-refractivity contribution in [1.29, 1.82) is 0 Å². The van der Waals surface area contributed by atoms with E-state index < -0.39 is 16.2 Å². The number of anilines is 1. The van der Waals surface area contributed by atoms with Gasteiger partial charge in [0.25, 0.3) is 0 Å². The number of hydrogen-bond acceptors (Lipinski definition) is 5. The molecule has 2 atom stereocenters. The SMILES string of the molecule is CCOC(=O)C(Cl)(c1nc(NC(C)=O)sc1Cl)C(C)Cl. The average molecular weight is 360 g/mol. The molecule has 1 rings (SSSR count). The summed E-state index contributed by atoms with van der Waals surface area (Å²) in [5, 5.41) is 1.91. The van der Waals surface area contributed by atoms with Gasteiger partial charge in [-0.05, 0) is 13.8 Å². The predicted octanol–water partition coefficient (Wildman–Crippen LogP) is 3.38. The highest BCUT2D eigenvalue weighted by atomic mass is 35.5. The first-order chi connectivity index (χ1) is 9.23. The minimum absolute atomic E-state index is 0.0792. The summed E-state index contributed by atoms with van der Waals surface area (Å²) >= 11 is 19.4. The standard InChI is InChI=1S/C11H13Cl3N2O3S/c1-4-19-9(18)11(14,5(2)12)7-8(13)20-10(16-7)15-6(3)17/h5H,4H2,1-3H3,(H,15,16,17). The molecule has 0 aliphatic rings. The largest absolute Gasteiger partial charge is 0.464 e. The van der Waals surface area contributed by atoms with Crippen LogP contribution in [-0.4, -0.2) is 28.8 Å². The zero-order chi connectivity index (χ0) is 15.5. The molecule has 0 saturated heterocycles. The molecular weight excluding hydrogens is 347 g/mol. The van der Waals surface area contributed by atoms with E-state index >= 15 is 0 Å². The van der Waals surface area contributed by atoms with Gasteiger partial charge in [-0.25, -0.2) is 9.78 Å². The second-order valence-corrected chi connectivity index (χ2v) is 6.72. The summed E-state index contributed by atoms with van der Waals surface area (Å²) < 4.78 is 5.10. The Balaban J connectivity index is 3.25. The van der Waals surface area contributed by atoms with Gasteiger partial charge >= 0.3 is 5.97 Å². The lowest BCUT2D eigenvalue weighted by molar-refractivity contribution is -0.146. The number of carbonyl (C=O) groups excluding carboxylic acids is 2. The van der Waals surface area contributed by atoms with Crippen molar-refractivity contribution in [3.8, 4) is 0 Å². The third-order valence-electron chi connectivity index (χ3n) is 2.33.